The van der Waals surface area contributed by atoms with Gasteiger partial charge in [0.05, 0.1) is 6.10 Å². The maximum atomic E-state index is 12.0. The smallest absolute Gasteiger partial charge is 0.305 e. The number of ketones is 2. The van der Waals surface area contributed by atoms with Crippen LogP contribution in [0.5, 0.6) is 0 Å². The van der Waals surface area contributed by atoms with E-state index in [1.807, 2.05) is 26.8 Å². The van der Waals surface area contributed by atoms with Crippen LogP contribution in [-0.2, 0) is 19.1 Å². The molecule has 33 heavy (non-hydrogen) atoms. The Kier molecular flexibility index (Phi) is 8.89. The molecule has 0 heterocycles. The number of esters is 1. The molecule has 1 N–H and O–H groups in total. The van der Waals surface area contributed by atoms with Crippen molar-refractivity contribution in [3.05, 3.63) is 23.8 Å². The van der Waals surface area contributed by atoms with Crippen LogP contribution in [0.3, 0.4) is 0 Å². The average Bonchev–Trinajstić information content (AvgIpc) is 2.99. The number of hydrogen-bond donors (Lipinski definition) is 1. The molecule has 8 atom stereocenters. The molecule has 5 heteroatoms. The van der Waals surface area contributed by atoms with Crippen molar-refractivity contribution >= 4 is 17.5 Å². The van der Waals surface area contributed by atoms with E-state index in [4.69, 9.17) is 4.74 Å². The fourth-order valence-corrected chi connectivity index (χ4v) is 7.13. The van der Waals surface area contributed by atoms with Gasteiger partial charge in [-0.05, 0) is 69.4 Å². The van der Waals surface area contributed by atoms with Gasteiger partial charge in [0, 0.05) is 23.2 Å². The van der Waals surface area contributed by atoms with Crippen molar-refractivity contribution in [2.75, 3.05) is 0 Å². The molecule has 0 saturated heterocycles. The van der Waals surface area contributed by atoms with Gasteiger partial charge in [-0.1, -0.05) is 53.2 Å². The van der Waals surface area contributed by atoms with Gasteiger partial charge in [-0.25, -0.2) is 0 Å². The quantitative estimate of drug-likeness (QED) is 0.554. The van der Waals surface area contributed by atoms with Gasteiger partial charge in [-0.3, -0.25) is 9.59 Å². The summed E-state index contributed by atoms with van der Waals surface area (Å²) < 4.78 is 5.90. The number of allylic oxidation sites excluding steroid dienone is 4. The Morgan fingerprint density at radius 1 is 1.21 bits per heavy atom. The Balaban J connectivity index is 0.000000582. The fraction of sp³-hybridized carbons (Fsp3) is 0.750. The van der Waals surface area contributed by atoms with E-state index in [-0.39, 0.29) is 40.4 Å². The van der Waals surface area contributed by atoms with Gasteiger partial charge in [-0.15, -0.1) is 0 Å². The highest BCUT2D eigenvalue weighted by Gasteiger charge is 2.64. The van der Waals surface area contributed by atoms with Crippen LogP contribution in [0.4, 0.5) is 0 Å². The third kappa shape index (κ3) is 5.18. The average molecular weight is 461 g/mol. The van der Waals surface area contributed by atoms with Crippen LogP contribution in [0, 0.1) is 34.5 Å². The maximum Gasteiger partial charge on any atom is 0.305 e. The topological polar surface area (TPSA) is 80.7 Å². The highest BCUT2D eigenvalue weighted by atomic mass is 16.5. The van der Waals surface area contributed by atoms with Gasteiger partial charge in [-0.2, -0.15) is 0 Å². The Labute approximate surface area is 200 Å². The molecule has 0 amide bonds. The minimum absolute atomic E-state index is 0.0668. The molecule has 4 aliphatic rings. The molecule has 3 fully saturated rings. The summed E-state index contributed by atoms with van der Waals surface area (Å²) in [6.45, 7) is 15.5. The predicted molar refractivity (Wildman–Crippen MR) is 130 cm³/mol. The number of aliphatic hydroxyl groups excluding tert-OH is 1. The summed E-state index contributed by atoms with van der Waals surface area (Å²) in [6.07, 6.45) is 8.97. The van der Waals surface area contributed by atoms with Gasteiger partial charge < -0.3 is 14.6 Å². The van der Waals surface area contributed by atoms with E-state index in [1.54, 1.807) is 12.2 Å². The monoisotopic (exact) mass is 460 g/mol. The largest absolute Gasteiger partial charge is 0.461 e. The fourth-order valence-electron chi connectivity index (χ4n) is 7.13. The zero-order valence-electron chi connectivity index (χ0n) is 21.8. The molecule has 5 nitrogen and oxygen atoms in total. The second kappa shape index (κ2) is 10.7. The standard InChI is InChI=1S/C23H32O4.C3H6O.C2H6/c1-5-19(26)27-21-13(2)10-17-16-7-6-14-11-15(24)8-9-22(14,3)20(16)18(25)12-23(17,21)4;1-3(2)4;1-2/h8-9,11,13,16-18,20-21,25H,5-7,10,12H2,1-4H3;1-2H3;1-2H3/t13?,16?,17?,18?,20?,21-,22?,23?;;/m1../s1. The minimum Gasteiger partial charge on any atom is -0.461 e. The van der Waals surface area contributed by atoms with Crippen LogP contribution in [0.15, 0.2) is 23.8 Å². The number of carbonyl (C=O) groups is 3. The Morgan fingerprint density at radius 3 is 2.39 bits per heavy atom. The molecule has 3 saturated carbocycles. The summed E-state index contributed by atoms with van der Waals surface area (Å²) in [6, 6.07) is 0. The third-order valence-corrected chi connectivity index (χ3v) is 8.27. The number of fused-ring (bicyclic) bond motifs is 5. The summed E-state index contributed by atoms with van der Waals surface area (Å²) in [4.78, 5) is 33.4. The molecule has 0 aromatic rings. The zero-order chi connectivity index (χ0) is 25.1. The molecule has 0 bridgehead atoms. The highest BCUT2D eigenvalue weighted by molar-refractivity contribution is 6.01. The van der Waals surface area contributed by atoms with Crippen LogP contribution in [0.25, 0.3) is 0 Å². The van der Waals surface area contributed by atoms with Crippen molar-refractivity contribution < 1.29 is 24.2 Å². The summed E-state index contributed by atoms with van der Waals surface area (Å²) in [5.74, 6) is 1.38. The van der Waals surface area contributed by atoms with E-state index in [0.717, 1.165) is 19.3 Å². The lowest BCUT2D eigenvalue weighted by atomic mass is 9.47. The van der Waals surface area contributed by atoms with Crippen molar-refractivity contribution in [2.45, 2.75) is 99.7 Å². The SMILES string of the molecule is CC.CC(C)=O.CCC(=O)O[C@@H]1C(C)CC2C3CCC4=CC(=O)C=CC4(C)C3C(O)CC21C. The summed E-state index contributed by atoms with van der Waals surface area (Å²) in [5, 5.41) is 11.3. The maximum absolute atomic E-state index is 12.0. The van der Waals surface area contributed by atoms with Crippen molar-refractivity contribution in [3.8, 4) is 0 Å². The van der Waals surface area contributed by atoms with E-state index in [9.17, 15) is 19.5 Å². The van der Waals surface area contributed by atoms with Crippen molar-refractivity contribution in [3.63, 3.8) is 0 Å². The number of Topliss-reactive ketones (excluding diaryl/α,β-unsaturated/α-hetero) is 1. The number of rotatable bonds is 2. The van der Waals surface area contributed by atoms with Crippen molar-refractivity contribution in [1.29, 1.82) is 0 Å². The van der Waals surface area contributed by atoms with Gasteiger partial charge in [0.15, 0.2) is 5.78 Å². The van der Waals surface area contributed by atoms with E-state index in [2.05, 4.69) is 20.8 Å². The highest BCUT2D eigenvalue weighted by Crippen LogP contribution is 2.65. The Bertz CT molecular complexity index is 807. The van der Waals surface area contributed by atoms with Crippen molar-refractivity contribution in [2.24, 2.45) is 34.5 Å². The molecular weight excluding hydrogens is 416 g/mol. The van der Waals surface area contributed by atoms with Crippen LogP contribution in [0.2, 0.25) is 0 Å². The normalized spacial score (nSPS) is 40.5. The predicted octanol–water partition coefficient (Wildman–Crippen LogP) is 5.45. The van der Waals surface area contributed by atoms with Crippen LogP contribution in [0.1, 0.15) is 87.5 Å². The molecule has 4 rings (SSSR count). The Hall–Kier alpha value is -1.75. The van der Waals surface area contributed by atoms with Crippen LogP contribution in [-0.4, -0.2) is 34.9 Å². The van der Waals surface area contributed by atoms with E-state index in [0.29, 0.717) is 30.6 Å². The van der Waals surface area contributed by atoms with E-state index < -0.39 is 6.10 Å². The molecule has 7 unspecified atom stereocenters. The summed E-state index contributed by atoms with van der Waals surface area (Å²) in [5.41, 5.74) is 0.772. The number of hydrogen-bond acceptors (Lipinski definition) is 5. The lowest BCUT2D eigenvalue weighted by Gasteiger charge is -2.58. The summed E-state index contributed by atoms with van der Waals surface area (Å²) in [7, 11) is 0. The zero-order valence-corrected chi connectivity index (χ0v) is 21.8. The van der Waals surface area contributed by atoms with Gasteiger partial charge in [0.2, 0.25) is 0 Å². The van der Waals surface area contributed by atoms with E-state index >= 15 is 0 Å². The first-order valence-electron chi connectivity index (χ1n) is 12.7. The van der Waals surface area contributed by atoms with Gasteiger partial charge in [0.1, 0.15) is 11.9 Å². The third-order valence-electron chi connectivity index (χ3n) is 8.27. The molecule has 0 aromatic heterocycles. The lowest BCUT2D eigenvalue weighted by Crippen LogP contribution is -2.57. The molecular formula is C28H44O5. The molecule has 186 valence electrons. The molecule has 0 aromatic carbocycles. The van der Waals surface area contributed by atoms with Gasteiger partial charge >= 0.3 is 5.97 Å². The van der Waals surface area contributed by atoms with Gasteiger partial charge in [0.25, 0.3) is 0 Å². The molecule has 0 spiro atoms. The molecule has 0 radical (unpaired) electrons. The summed E-state index contributed by atoms with van der Waals surface area (Å²) >= 11 is 0. The molecule has 4 aliphatic carbocycles. The number of aliphatic hydroxyl groups is 1. The first-order valence-corrected chi connectivity index (χ1v) is 12.7. The second-order valence-electron chi connectivity index (χ2n) is 10.7. The van der Waals surface area contributed by atoms with Crippen molar-refractivity contribution in [1.82, 2.24) is 0 Å². The first-order chi connectivity index (χ1) is 15.4. The van der Waals surface area contributed by atoms with E-state index in [1.165, 1.54) is 19.4 Å². The lowest BCUT2D eigenvalue weighted by molar-refractivity contribution is -0.170. The van der Waals surface area contributed by atoms with Crippen LogP contribution < -0.4 is 0 Å². The number of carbonyl (C=O) groups excluding carboxylic acids is 3. The first kappa shape index (κ1) is 27.5. The molecule has 0 aliphatic heterocycles. The second-order valence-corrected chi connectivity index (χ2v) is 10.7. The minimum atomic E-state index is -0.448. The van der Waals surface area contributed by atoms with Crippen LogP contribution >= 0.6 is 0 Å². The number of ether oxygens (including phenoxy) is 1. The Morgan fingerprint density at radius 2 is 1.82 bits per heavy atom.